The van der Waals surface area contributed by atoms with Crippen LogP contribution in [0.25, 0.3) is 0 Å². The van der Waals surface area contributed by atoms with Crippen LogP contribution in [0.3, 0.4) is 0 Å². The van der Waals surface area contributed by atoms with Crippen LogP contribution in [-0.4, -0.2) is 5.97 Å². The van der Waals surface area contributed by atoms with Crippen LogP contribution >= 0.6 is 0 Å². The first-order valence-electron chi connectivity index (χ1n) is 16.2. The Hall–Kier alpha value is -1.57. The maximum absolute atomic E-state index is 13.6. The highest BCUT2D eigenvalue weighted by Gasteiger charge is 2.67. The smallest absolute Gasteiger partial charge is 0.312 e. The first-order valence-corrected chi connectivity index (χ1v) is 16.2. The van der Waals surface area contributed by atoms with Crippen LogP contribution in [0.2, 0.25) is 0 Å². The summed E-state index contributed by atoms with van der Waals surface area (Å²) in [6.07, 6.45) is 16.6. The summed E-state index contributed by atoms with van der Waals surface area (Å²) in [7, 11) is 0. The highest BCUT2D eigenvalue weighted by molar-refractivity contribution is 5.76. The van der Waals surface area contributed by atoms with E-state index in [1.807, 2.05) is 30.3 Å². The average molecular weight is 531 g/mol. The summed E-state index contributed by atoms with van der Waals surface area (Å²) in [5, 5.41) is 0. The van der Waals surface area contributed by atoms with Crippen molar-refractivity contribution >= 4 is 5.97 Å². The van der Waals surface area contributed by atoms with Crippen molar-refractivity contribution in [3.63, 3.8) is 0 Å². The van der Waals surface area contributed by atoms with E-state index < -0.39 is 5.41 Å². The van der Waals surface area contributed by atoms with Gasteiger partial charge in [0, 0.05) is 0 Å². The van der Waals surface area contributed by atoms with Gasteiger partial charge in [-0.15, -0.1) is 0 Å². The third-order valence-corrected chi connectivity index (χ3v) is 14.3. The van der Waals surface area contributed by atoms with Crippen LogP contribution in [0.4, 0.5) is 0 Å². The first kappa shape index (κ1) is 27.6. The number of benzene rings is 1. The fourth-order valence-corrected chi connectivity index (χ4v) is 11.5. The molecule has 0 aromatic heterocycles. The Morgan fingerprint density at radius 1 is 0.846 bits per heavy atom. The molecule has 6 rings (SSSR count). The minimum absolute atomic E-state index is 0.0126. The summed E-state index contributed by atoms with van der Waals surface area (Å²) in [6.45, 7) is 18.3. The zero-order valence-electron chi connectivity index (χ0n) is 26.0. The van der Waals surface area contributed by atoms with Crippen molar-refractivity contribution in [1.29, 1.82) is 0 Å². The molecule has 0 spiro atoms. The third-order valence-electron chi connectivity index (χ3n) is 14.3. The SMILES string of the molecule is CC1(C)CCC[C@@]2(C)C1CCC1(C)C2CC=C2[C@@H]3C[C@@](C)(C(=O)OCc4ccccc4)CC[C@]3(C)CC[C@]21C. The summed E-state index contributed by atoms with van der Waals surface area (Å²) in [6, 6.07) is 10.1. The van der Waals surface area contributed by atoms with E-state index in [1.165, 1.54) is 51.4 Å². The topological polar surface area (TPSA) is 26.3 Å². The fraction of sp³-hybridized carbons (Fsp3) is 0.757. The van der Waals surface area contributed by atoms with Gasteiger partial charge in [0.05, 0.1) is 5.41 Å². The molecule has 4 saturated carbocycles. The van der Waals surface area contributed by atoms with Crippen molar-refractivity contribution in [2.24, 2.45) is 50.2 Å². The van der Waals surface area contributed by atoms with E-state index in [4.69, 9.17) is 4.74 Å². The third kappa shape index (κ3) is 3.96. The van der Waals surface area contributed by atoms with E-state index >= 15 is 0 Å². The second-order valence-corrected chi connectivity index (χ2v) is 16.7. The van der Waals surface area contributed by atoms with Gasteiger partial charge in [0.2, 0.25) is 0 Å². The number of hydrogen-bond donors (Lipinski definition) is 0. The summed E-state index contributed by atoms with van der Waals surface area (Å²) in [5.74, 6) is 2.12. The molecule has 0 amide bonds. The Balaban J connectivity index is 1.30. The second-order valence-electron chi connectivity index (χ2n) is 16.7. The molecule has 39 heavy (non-hydrogen) atoms. The molecule has 1 aromatic rings. The van der Waals surface area contributed by atoms with Gasteiger partial charge in [-0.2, -0.15) is 0 Å². The Labute approximate surface area is 238 Å². The Morgan fingerprint density at radius 3 is 2.31 bits per heavy atom. The Morgan fingerprint density at radius 2 is 1.56 bits per heavy atom. The number of esters is 1. The Kier molecular flexibility index (Phi) is 6.34. The second kappa shape index (κ2) is 8.96. The fourth-order valence-electron chi connectivity index (χ4n) is 11.5. The van der Waals surface area contributed by atoms with Gasteiger partial charge in [0.1, 0.15) is 6.61 Å². The molecule has 0 radical (unpaired) electrons. The van der Waals surface area contributed by atoms with Crippen molar-refractivity contribution in [2.45, 2.75) is 126 Å². The van der Waals surface area contributed by atoms with Gasteiger partial charge in [-0.1, -0.05) is 89.9 Å². The van der Waals surface area contributed by atoms with E-state index in [1.54, 1.807) is 5.57 Å². The molecule has 5 aliphatic rings. The van der Waals surface area contributed by atoms with Crippen molar-refractivity contribution in [2.75, 3.05) is 0 Å². The van der Waals surface area contributed by atoms with Gasteiger partial charge in [-0.3, -0.25) is 4.79 Å². The predicted octanol–water partition coefficient (Wildman–Crippen LogP) is 9.92. The lowest BCUT2D eigenvalue weighted by atomic mass is 9.34. The molecule has 0 N–H and O–H groups in total. The van der Waals surface area contributed by atoms with E-state index in [0.717, 1.165) is 36.7 Å². The van der Waals surface area contributed by atoms with E-state index in [9.17, 15) is 4.79 Å². The van der Waals surface area contributed by atoms with Crippen molar-refractivity contribution in [3.05, 3.63) is 47.5 Å². The maximum Gasteiger partial charge on any atom is 0.312 e. The predicted molar refractivity (Wildman–Crippen MR) is 160 cm³/mol. The minimum atomic E-state index is -0.396. The molecule has 2 heteroatoms. The van der Waals surface area contributed by atoms with Crippen LogP contribution in [0.1, 0.15) is 125 Å². The molecule has 0 heterocycles. The molecular weight excluding hydrogens is 476 g/mol. The molecule has 2 nitrogen and oxygen atoms in total. The molecule has 8 atom stereocenters. The number of ether oxygens (including phenoxy) is 1. The molecule has 214 valence electrons. The van der Waals surface area contributed by atoms with E-state index in [0.29, 0.717) is 34.2 Å². The van der Waals surface area contributed by atoms with Crippen molar-refractivity contribution in [3.8, 4) is 0 Å². The summed E-state index contributed by atoms with van der Waals surface area (Å²) in [4.78, 5) is 13.6. The lowest BCUT2D eigenvalue weighted by Gasteiger charge is -2.71. The van der Waals surface area contributed by atoms with Crippen molar-refractivity contribution < 1.29 is 9.53 Å². The number of carbonyl (C=O) groups is 1. The lowest BCUT2D eigenvalue weighted by Crippen LogP contribution is -2.63. The summed E-state index contributed by atoms with van der Waals surface area (Å²) >= 11 is 0. The van der Waals surface area contributed by atoms with Crippen molar-refractivity contribution in [1.82, 2.24) is 0 Å². The average Bonchev–Trinajstić information content (AvgIpc) is 2.89. The standard InChI is InChI=1S/C37H54O2/c1-32(2)17-11-18-35(5)29(32)16-19-37(7)30(35)15-14-27-28-24-34(4,21-20-33(28,3)22-23-36(27,37)6)31(38)39-25-26-12-9-8-10-13-26/h8-10,12-14,28-30H,11,15-25H2,1-7H3/t28-,29?,30?,33+,34-,35-,36+,37?/m0/s1. The van der Waals surface area contributed by atoms with E-state index in [-0.39, 0.29) is 11.4 Å². The number of carbonyl (C=O) groups excluding carboxylic acids is 1. The normalized spacial score (nSPS) is 46.5. The lowest BCUT2D eigenvalue weighted by molar-refractivity contribution is -0.182. The Bertz CT molecular complexity index is 1150. The molecule has 1 aromatic carbocycles. The van der Waals surface area contributed by atoms with Crippen LogP contribution < -0.4 is 0 Å². The molecular formula is C37H54O2. The monoisotopic (exact) mass is 530 g/mol. The maximum atomic E-state index is 13.6. The minimum Gasteiger partial charge on any atom is -0.460 e. The highest BCUT2D eigenvalue weighted by Crippen LogP contribution is 2.75. The molecule has 0 saturated heterocycles. The van der Waals surface area contributed by atoms with Gasteiger partial charge in [0.25, 0.3) is 0 Å². The molecule has 3 unspecified atom stereocenters. The molecule has 0 bridgehead atoms. The van der Waals surface area contributed by atoms with Gasteiger partial charge in [0.15, 0.2) is 0 Å². The zero-order chi connectivity index (χ0) is 27.9. The van der Waals surface area contributed by atoms with Gasteiger partial charge >= 0.3 is 5.97 Å². The first-order chi connectivity index (χ1) is 18.3. The zero-order valence-corrected chi connectivity index (χ0v) is 26.0. The summed E-state index contributed by atoms with van der Waals surface area (Å²) < 4.78 is 5.98. The van der Waals surface area contributed by atoms with Gasteiger partial charge in [-0.05, 0) is 122 Å². The number of fused-ring (bicyclic) bond motifs is 7. The largest absolute Gasteiger partial charge is 0.460 e. The quantitative estimate of drug-likeness (QED) is 0.287. The van der Waals surface area contributed by atoms with Gasteiger partial charge < -0.3 is 4.74 Å². The number of hydrogen-bond acceptors (Lipinski definition) is 2. The molecule has 4 fully saturated rings. The van der Waals surface area contributed by atoms with Gasteiger partial charge in [-0.25, -0.2) is 0 Å². The highest BCUT2D eigenvalue weighted by atomic mass is 16.5. The number of rotatable bonds is 3. The number of allylic oxidation sites excluding steroid dienone is 2. The van der Waals surface area contributed by atoms with Crippen LogP contribution in [-0.2, 0) is 16.1 Å². The van der Waals surface area contributed by atoms with E-state index in [2.05, 4.69) is 54.5 Å². The van der Waals surface area contributed by atoms with Crippen LogP contribution in [0.5, 0.6) is 0 Å². The summed E-state index contributed by atoms with van der Waals surface area (Å²) in [5.41, 5.74) is 4.21. The van der Waals surface area contributed by atoms with Crippen LogP contribution in [0, 0.1) is 50.2 Å². The van der Waals surface area contributed by atoms with Crippen LogP contribution in [0.15, 0.2) is 42.0 Å². The molecule has 0 aliphatic heterocycles. The molecule has 5 aliphatic carbocycles.